The predicted molar refractivity (Wildman–Crippen MR) is 237 cm³/mol. The van der Waals surface area contributed by atoms with Crippen LogP contribution in [0, 0.1) is 0 Å². The quantitative estimate of drug-likeness (QED) is 0.0663. The molecule has 6 heterocycles. The first-order valence-electron chi connectivity index (χ1n) is 21.8. The van der Waals surface area contributed by atoms with Crippen molar-refractivity contribution in [2.45, 2.75) is 76.5 Å². The van der Waals surface area contributed by atoms with Gasteiger partial charge in [0.05, 0.1) is 23.4 Å². The van der Waals surface area contributed by atoms with E-state index in [2.05, 4.69) is 49.4 Å². The number of nitrogens with one attached hydrogen (secondary N) is 3. The molecule has 4 N–H and O–H groups in total. The van der Waals surface area contributed by atoms with E-state index in [1.807, 2.05) is 31.2 Å². The van der Waals surface area contributed by atoms with Crippen LogP contribution in [0.15, 0.2) is 78.2 Å². The molecule has 2 fully saturated rings. The van der Waals surface area contributed by atoms with Crippen molar-refractivity contribution in [3.63, 3.8) is 0 Å². The fourth-order valence-electron chi connectivity index (χ4n) is 9.18. The van der Waals surface area contributed by atoms with Gasteiger partial charge in [-0.05, 0) is 99.2 Å². The number of imide groups is 2. The smallest absolute Gasteiger partial charge is 0.278 e. The summed E-state index contributed by atoms with van der Waals surface area (Å²) in [5, 5.41) is 20.5. The Kier molecular flexibility index (Phi) is 11.4. The van der Waals surface area contributed by atoms with Gasteiger partial charge < -0.3 is 20.6 Å². The van der Waals surface area contributed by atoms with Crippen LogP contribution in [-0.2, 0) is 28.2 Å². The molecule has 17 nitrogen and oxygen atoms in total. The Bertz CT molecular complexity index is 2690. The lowest BCUT2D eigenvalue weighted by molar-refractivity contribution is -0.136. The van der Waals surface area contributed by atoms with Gasteiger partial charge in [0.15, 0.2) is 11.5 Å². The molecule has 2 atom stereocenters. The molecule has 63 heavy (non-hydrogen) atoms. The predicted octanol–water partition coefficient (Wildman–Crippen LogP) is 4.26. The number of nitrogens with zero attached hydrogens (tertiary/aromatic N) is 8. The van der Waals surface area contributed by atoms with Crippen LogP contribution < -0.4 is 26.4 Å². The van der Waals surface area contributed by atoms with E-state index in [-0.39, 0.29) is 36.1 Å². The molecular formula is C46H51N11O6. The molecule has 1 unspecified atom stereocenters. The number of aryl methyl sites for hydroxylation is 1. The number of aromatic nitrogens is 5. The Balaban J connectivity index is 0.745. The monoisotopic (exact) mass is 853 g/mol. The maximum atomic E-state index is 13.5. The Labute approximate surface area is 363 Å². The van der Waals surface area contributed by atoms with E-state index in [1.165, 1.54) is 10.9 Å². The minimum atomic E-state index is -1.00. The number of piperazine rings is 1. The maximum Gasteiger partial charge on any atom is 0.278 e. The maximum absolute atomic E-state index is 13.5. The zero-order valence-corrected chi connectivity index (χ0v) is 35.3. The normalized spacial score (nSPS) is 20.0. The molecule has 3 aromatic heterocycles. The summed E-state index contributed by atoms with van der Waals surface area (Å²) in [7, 11) is 0. The molecular weight excluding hydrogens is 803 g/mol. The van der Waals surface area contributed by atoms with E-state index in [9.17, 15) is 29.1 Å². The first-order valence-corrected chi connectivity index (χ1v) is 21.8. The second kappa shape index (κ2) is 17.2. The van der Waals surface area contributed by atoms with Gasteiger partial charge in [-0.2, -0.15) is 4.98 Å². The van der Waals surface area contributed by atoms with Crippen molar-refractivity contribution in [1.29, 1.82) is 0 Å². The van der Waals surface area contributed by atoms with Crippen molar-refractivity contribution in [3.05, 3.63) is 106 Å². The van der Waals surface area contributed by atoms with Gasteiger partial charge in [0.1, 0.15) is 17.0 Å². The summed E-state index contributed by atoms with van der Waals surface area (Å²) in [6.45, 7) is 11.5. The second-order valence-electron chi connectivity index (χ2n) is 16.7. The number of anilines is 4. The van der Waals surface area contributed by atoms with Crippen LogP contribution in [-0.4, -0.2) is 108 Å². The Morgan fingerprint density at radius 2 is 1.68 bits per heavy atom. The number of rotatable bonds is 15. The Hall–Kier alpha value is -6.72. The molecule has 9 rings (SSSR count). The first-order chi connectivity index (χ1) is 30.5. The van der Waals surface area contributed by atoms with Crippen molar-refractivity contribution < 1.29 is 24.3 Å². The van der Waals surface area contributed by atoms with E-state index >= 15 is 0 Å². The SMILES string of the molecule is C=CCn1c(=O)c2cnc(Nc3ccc(N4CCN(CCCCCNc5ccc6c(c5)C(=O)N(C5CCC(=O)NC5=O)C6=O)CC4)cc3)nc2n1-c1ccc2c(n1)[C@@](O)(CC)CC2. The Morgan fingerprint density at radius 1 is 0.905 bits per heavy atom. The van der Waals surface area contributed by atoms with Gasteiger partial charge in [0.2, 0.25) is 17.8 Å². The summed E-state index contributed by atoms with van der Waals surface area (Å²) in [6, 6.07) is 16.1. The van der Waals surface area contributed by atoms with E-state index in [0.717, 1.165) is 92.5 Å². The van der Waals surface area contributed by atoms with Gasteiger partial charge in [0.25, 0.3) is 17.4 Å². The molecule has 2 aromatic carbocycles. The number of carbonyl (C=O) groups is 4. The Morgan fingerprint density at radius 3 is 2.44 bits per heavy atom. The highest BCUT2D eigenvalue weighted by Gasteiger charge is 2.44. The van der Waals surface area contributed by atoms with Crippen molar-refractivity contribution in [1.82, 2.24) is 39.4 Å². The number of pyridine rings is 1. The van der Waals surface area contributed by atoms with Crippen molar-refractivity contribution >= 4 is 57.7 Å². The van der Waals surface area contributed by atoms with Crippen LogP contribution in [0.3, 0.4) is 0 Å². The fraction of sp³-hybridized carbons (Fsp3) is 0.391. The third-order valence-electron chi connectivity index (χ3n) is 12.8. The molecule has 0 bridgehead atoms. The number of hydrogen-bond acceptors (Lipinski definition) is 13. The molecule has 2 saturated heterocycles. The number of piperidine rings is 1. The molecule has 0 radical (unpaired) electrons. The minimum absolute atomic E-state index is 0.0858. The van der Waals surface area contributed by atoms with E-state index < -0.39 is 35.3 Å². The molecule has 17 heteroatoms. The van der Waals surface area contributed by atoms with Crippen LogP contribution in [0.1, 0.15) is 83.8 Å². The van der Waals surface area contributed by atoms with Gasteiger partial charge in [-0.3, -0.25) is 39.1 Å². The number of unbranched alkanes of at least 4 members (excludes halogenated alkanes) is 2. The third kappa shape index (κ3) is 7.97. The van der Waals surface area contributed by atoms with Crippen molar-refractivity contribution in [2.24, 2.45) is 0 Å². The molecule has 4 aliphatic rings. The molecule has 4 amide bonds. The number of benzene rings is 2. The number of fused-ring (bicyclic) bond motifs is 3. The van der Waals surface area contributed by atoms with Gasteiger partial charge in [0, 0.05) is 62.4 Å². The van der Waals surface area contributed by atoms with Crippen LogP contribution in [0.25, 0.3) is 16.9 Å². The molecule has 0 spiro atoms. The number of allylic oxidation sites excluding steroid dienone is 1. The van der Waals surface area contributed by atoms with Gasteiger partial charge in [-0.1, -0.05) is 25.5 Å². The van der Waals surface area contributed by atoms with Crippen LogP contribution in [0.2, 0.25) is 0 Å². The summed E-state index contributed by atoms with van der Waals surface area (Å²) in [5.41, 5.74) is 4.05. The summed E-state index contributed by atoms with van der Waals surface area (Å²) in [6.07, 6.45) is 8.37. The molecule has 3 aliphatic heterocycles. The van der Waals surface area contributed by atoms with Crippen molar-refractivity contribution in [3.8, 4) is 5.82 Å². The highest BCUT2D eigenvalue weighted by atomic mass is 16.3. The summed E-state index contributed by atoms with van der Waals surface area (Å²) in [5.74, 6) is -1.19. The summed E-state index contributed by atoms with van der Waals surface area (Å²) >= 11 is 0. The number of hydrogen-bond donors (Lipinski definition) is 4. The fourth-order valence-corrected chi connectivity index (χ4v) is 9.18. The molecule has 1 aliphatic carbocycles. The molecule has 0 saturated carbocycles. The summed E-state index contributed by atoms with van der Waals surface area (Å²) < 4.78 is 3.23. The molecule has 5 aromatic rings. The van der Waals surface area contributed by atoms with E-state index in [4.69, 9.17) is 9.97 Å². The van der Waals surface area contributed by atoms with Gasteiger partial charge >= 0.3 is 0 Å². The minimum Gasteiger partial charge on any atom is -0.385 e. The van der Waals surface area contributed by atoms with Crippen molar-refractivity contribution in [2.75, 3.05) is 54.8 Å². The van der Waals surface area contributed by atoms with Crippen LogP contribution >= 0.6 is 0 Å². The molecule has 326 valence electrons. The lowest BCUT2D eigenvalue weighted by atomic mass is 9.98. The largest absolute Gasteiger partial charge is 0.385 e. The van der Waals surface area contributed by atoms with E-state index in [1.54, 1.807) is 29.0 Å². The zero-order valence-electron chi connectivity index (χ0n) is 35.3. The van der Waals surface area contributed by atoms with Gasteiger partial charge in [-0.25, -0.2) is 19.3 Å². The highest BCUT2D eigenvalue weighted by molar-refractivity contribution is 6.23. The second-order valence-corrected chi connectivity index (χ2v) is 16.7. The average Bonchev–Trinajstić information content (AvgIpc) is 3.86. The van der Waals surface area contributed by atoms with Crippen LogP contribution in [0.5, 0.6) is 0 Å². The standard InChI is InChI=1S/C46H51N11O6/c1-3-21-55-42(60)35-28-48-45(52-40(35)57(55)37-16-8-29-18-19-46(63,4-2)39(29)50-37)49-30-9-12-32(13-10-30)54-25-23-53(24-26-54)22-7-5-6-20-47-31-11-14-33-34(27-31)44(62)56(43(33)61)36-15-17-38(58)51-41(36)59/h3,8-14,16,27-28,36,47,63H,1,4-7,15,17-26H2,2H3,(H,48,49,52)(H,51,58,59)/t36?,46-/m1/s1. The average molecular weight is 854 g/mol. The number of amides is 4. The van der Waals surface area contributed by atoms with Crippen LogP contribution in [0.4, 0.5) is 23.0 Å². The lowest BCUT2D eigenvalue weighted by Gasteiger charge is -2.36. The highest BCUT2D eigenvalue weighted by Crippen LogP contribution is 2.38. The number of carbonyl (C=O) groups excluding carboxylic acids is 4. The topological polar surface area (TPSA) is 200 Å². The lowest BCUT2D eigenvalue weighted by Crippen LogP contribution is -2.54. The number of aliphatic hydroxyl groups is 1. The zero-order chi connectivity index (χ0) is 43.8. The summed E-state index contributed by atoms with van der Waals surface area (Å²) in [4.78, 5) is 83.6. The van der Waals surface area contributed by atoms with Gasteiger partial charge in [-0.15, -0.1) is 6.58 Å². The van der Waals surface area contributed by atoms with E-state index in [0.29, 0.717) is 41.3 Å². The first kappa shape index (κ1) is 41.6. The third-order valence-corrected chi connectivity index (χ3v) is 12.8.